The van der Waals surface area contributed by atoms with Crippen molar-refractivity contribution in [1.82, 2.24) is 5.32 Å². The SMILES string of the molecule is C=C1NC(CCCCCC)=NCc2ccccc2N=C1Nc1ccc(CC)cc1. The van der Waals surface area contributed by atoms with E-state index >= 15 is 0 Å². The number of unbranched alkanes of at least 4 members (excludes halogenated alkanes) is 3. The summed E-state index contributed by atoms with van der Waals surface area (Å²) in [6.45, 7) is 9.27. The minimum atomic E-state index is 0.627. The van der Waals surface area contributed by atoms with Gasteiger partial charge in [-0.1, -0.05) is 70.0 Å². The summed E-state index contributed by atoms with van der Waals surface area (Å²) >= 11 is 0. The molecule has 0 fully saturated rings. The number of fused-ring (bicyclic) bond motifs is 1. The van der Waals surface area contributed by atoms with Crippen LogP contribution in [0.3, 0.4) is 0 Å². The van der Waals surface area contributed by atoms with Gasteiger partial charge in [0.05, 0.1) is 17.9 Å². The minimum absolute atomic E-state index is 0.627. The third-order valence-corrected chi connectivity index (χ3v) is 5.14. The number of aryl methyl sites for hydroxylation is 1. The molecule has 2 aromatic rings. The molecular formula is C25H32N4. The maximum absolute atomic E-state index is 4.89. The number of nitrogens with one attached hydrogen (secondary N) is 2. The van der Waals surface area contributed by atoms with Crippen molar-refractivity contribution < 1.29 is 0 Å². The van der Waals surface area contributed by atoms with E-state index in [0.717, 1.165) is 53.6 Å². The van der Waals surface area contributed by atoms with Crippen LogP contribution in [0.4, 0.5) is 11.4 Å². The third kappa shape index (κ3) is 6.05. The Morgan fingerprint density at radius 2 is 1.79 bits per heavy atom. The number of aliphatic imine (C=N–C) groups is 2. The van der Waals surface area contributed by atoms with Crippen LogP contribution in [0.1, 0.15) is 57.1 Å². The summed E-state index contributed by atoms with van der Waals surface area (Å²) in [5, 5.41) is 6.87. The van der Waals surface area contributed by atoms with Crippen molar-refractivity contribution in [2.24, 2.45) is 9.98 Å². The molecule has 1 aliphatic heterocycles. The molecule has 0 spiro atoms. The normalized spacial score (nSPS) is 13.9. The zero-order chi connectivity index (χ0) is 20.5. The molecule has 4 nitrogen and oxygen atoms in total. The molecule has 29 heavy (non-hydrogen) atoms. The molecule has 0 aromatic heterocycles. The smallest absolute Gasteiger partial charge is 0.154 e. The molecule has 2 aromatic carbocycles. The van der Waals surface area contributed by atoms with Crippen molar-refractivity contribution in [2.45, 2.75) is 58.9 Å². The second-order valence-electron chi connectivity index (χ2n) is 7.44. The number of para-hydroxylation sites is 1. The molecule has 0 amide bonds. The fourth-order valence-electron chi connectivity index (χ4n) is 3.32. The zero-order valence-electron chi connectivity index (χ0n) is 17.7. The van der Waals surface area contributed by atoms with Crippen LogP contribution in [0.2, 0.25) is 0 Å². The lowest BCUT2D eigenvalue weighted by Gasteiger charge is -2.15. The third-order valence-electron chi connectivity index (χ3n) is 5.14. The molecule has 0 aliphatic carbocycles. The largest absolute Gasteiger partial charge is 0.342 e. The molecule has 2 N–H and O–H groups in total. The molecule has 3 rings (SSSR count). The molecule has 152 valence electrons. The van der Waals surface area contributed by atoms with Crippen LogP contribution in [0.15, 0.2) is 70.8 Å². The zero-order valence-corrected chi connectivity index (χ0v) is 17.7. The van der Waals surface area contributed by atoms with E-state index in [1.54, 1.807) is 0 Å². The van der Waals surface area contributed by atoms with Gasteiger partial charge in [0.2, 0.25) is 0 Å². The number of amidine groups is 2. The van der Waals surface area contributed by atoms with Crippen LogP contribution in [-0.4, -0.2) is 11.7 Å². The second-order valence-corrected chi connectivity index (χ2v) is 7.44. The van der Waals surface area contributed by atoms with Crippen molar-refractivity contribution in [2.75, 3.05) is 5.32 Å². The van der Waals surface area contributed by atoms with Crippen LogP contribution >= 0.6 is 0 Å². The summed E-state index contributed by atoms with van der Waals surface area (Å²) in [6.07, 6.45) is 6.81. The number of hydrogen-bond donors (Lipinski definition) is 2. The summed E-state index contributed by atoms with van der Waals surface area (Å²) in [5.41, 5.74) is 5.11. The Hall–Kier alpha value is -2.88. The van der Waals surface area contributed by atoms with Gasteiger partial charge in [-0.2, -0.15) is 0 Å². The van der Waals surface area contributed by atoms with Gasteiger partial charge in [-0.15, -0.1) is 0 Å². The fraction of sp³-hybridized carbons (Fsp3) is 0.360. The highest BCUT2D eigenvalue weighted by molar-refractivity contribution is 6.10. The molecule has 1 heterocycles. The Morgan fingerprint density at radius 3 is 2.55 bits per heavy atom. The van der Waals surface area contributed by atoms with Gasteiger partial charge in [0.15, 0.2) is 5.84 Å². The highest BCUT2D eigenvalue weighted by Gasteiger charge is 2.13. The lowest BCUT2D eigenvalue weighted by atomic mass is 10.1. The molecule has 0 bridgehead atoms. The van der Waals surface area contributed by atoms with Crippen molar-refractivity contribution in [1.29, 1.82) is 0 Å². The van der Waals surface area contributed by atoms with Crippen LogP contribution in [-0.2, 0) is 13.0 Å². The Bertz CT molecular complexity index is 878. The van der Waals surface area contributed by atoms with Gasteiger partial charge >= 0.3 is 0 Å². The second kappa shape index (κ2) is 10.6. The van der Waals surface area contributed by atoms with E-state index in [1.165, 1.54) is 24.8 Å². The maximum atomic E-state index is 4.89. The Morgan fingerprint density at radius 1 is 1.00 bits per heavy atom. The maximum Gasteiger partial charge on any atom is 0.154 e. The minimum Gasteiger partial charge on any atom is -0.342 e. The standard InChI is InChI=1S/C25H32N4/c1-4-6-7-8-13-24-26-18-21-11-9-10-12-23(21)29-25(19(3)27-24)28-22-16-14-20(5-2)15-17-22/h9-12,14-17H,3-8,13,18H2,1-2H3,(H,26,27)(H,28,29). The van der Waals surface area contributed by atoms with E-state index in [0.29, 0.717) is 6.54 Å². The molecule has 4 heteroatoms. The molecular weight excluding hydrogens is 356 g/mol. The predicted molar refractivity (Wildman–Crippen MR) is 125 cm³/mol. The van der Waals surface area contributed by atoms with Gasteiger partial charge in [0.1, 0.15) is 5.84 Å². The van der Waals surface area contributed by atoms with Gasteiger partial charge in [0.25, 0.3) is 0 Å². The van der Waals surface area contributed by atoms with Gasteiger partial charge in [-0.3, -0.25) is 4.99 Å². The highest BCUT2D eigenvalue weighted by atomic mass is 15.1. The van der Waals surface area contributed by atoms with Crippen molar-refractivity contribution in [3.05, 3.63) is 71.9 Å². The Kier molecular flexibility index (Phi) is 7.62. The number of nitrogens with zero attached hydrogens (tertiary/aromatic N) is 2. The summed E-state index contributed by atoms with van der Waals surface area (Å²) in [7, 11) is 0. The fourth-order valence-corrected chi connectivity index (χ4v) is 3.32. The number of rotatable bonds is 7. The van der Waals surface area contributed by atoms with E-state index in [9.17, 15) is 0 Å². The summed E-state index contributed by atoms with van der Waals surface area (Å²) in [5.74, 6) is 1.71. The summed E-state index contributed by atoms with van der Waals surface area (Å²) in [6, 6.07) is 16.7. The van der Waals surface area contributed by atoms with Crippen molar-refractivity contribution >= 4 is 23.0 Å². The average Bonchev–Trinajstić information content (AvgIpc) is 2.81. The first-order valence-electron chi connectivity index (χ1n) is 10.7. The van der Waals surface area contributed by atoms with E-state index in [-0.39, 0.29) is 0 Å². The molecule has 0 saturated heterocycles. The lowest BCUT2D eigenvalue weighted by Crippen LogP contribution is -2.30. The van der Waals surface area contributed by atoms with E-state index in [2.05, 4.69) is 61.4 Å². The Labute approximate surface area is 174 Å². The molecule has 0 atom stereocenters. The quantitative estimate of drug-likeness (QED) is 0.541. The molecule has 0 radical (unpaired) electrons. The first kappa shape index (κ1) is 20.8. The number of hydrogen-bond acceptors (Lipinski definition) is 4. The van der Waals surface area contributed by atoms with Crippen LogP contribution in [0.5, 0.6) is 0 Å². The molecule has 0 unspecified atom stereocenters. The van der Waals surface area contributed by atoms with Gasteiger partial charge < -0.3 is 10.6 Å². The first-order chi connectivity index (χ1) is 14.2. The van der Waals surface area contributed by atoms with E-state index in [4.69, 9.17) is 9.98 Å². The van der Waals surface area contributed by atoms with Crippen LogP contribution in [0.25, 0.3) is 0 Å². The number of benzene rings is 2. The summed E-state index contributed by atoms with van der Waals surface area (Å²) in [4.78, 5) is 9.73. The van der Waals surface area contributed by atoms with Crippen LogP contribution < -0.4 is 10.6 Å². The van der Waals surface area contributed by atoms with Crippen molar-refractivity contribution in [3.8, 4) is 0 Å². The predicted octanol–water partition coefficient (Wildman–Crippen LogP) is 6.38. The monoisotopic (exact) mass is 388 g/mol. The Balaban J connectivity index is 1.85. The van der Waals surface area contributed by atoms with Crippen molar-refractivity contribution in [3.63, 3.8) is 0 Å². The van der Waals surface area contributed by atoms with E-state index in [1.807, 2.05) is 18.2 Å². The highest BCUT2D eigenvalue weighted by Crippen LogP contribution is 2.23. The number of anilines is 1. The van der Waals surface area contributed by atoms with Gasteiger partial charge in [-0.05, 0) is 42.2 Å². The molecule has 1 aliphatic rings. The van der Waals surface area contributed by atoms with Gasteiger partial charge in [-0.25, -0.2) is 4.99 Å². The first-order valence-corrected chi connectivity index (χ1v) is 10.7. The van der Waals surface area contributed by atoms with Gasteiger partial charge in [0, 0.05) is 12.1 Å². The lowest BCUT2D eigenvalue weighted by molar-refractivity contribution is 0.678. The molecule has 0 saturated carbocycles. The summed E-state index contributed by atoms with van der Waals surface area (Å²) < 4.78 is 0. The van der Waals surface area contributed by atoms with E-state index < -0.39 is 0 Å². The van der Waals surface area contributed by atoms with Crippen LogP contribution in [0, 0.1) is 0 Å². The average molecular weight is 389 g/mol. The topological polar surface area (TPSA) is 48.8 Å².